The van der Waals surface area contributed by atoms with Crippen molar-refractivity contribution in [3.8, 4) is 6.07 Å². The number of nitrogens with zero attached hydrogens (tertiary/aromatic N) is 2. The predicted molar refractivity (Wildman–Crippen MR) is 59.1 cm³/mol. The molecule has 0 bridgehead atoms. The number of hydrogen-bond acceptors (Lipinski definition) is 4. The summed E-state index contributed by atoms with van der Waals surface area (Å²) in [6, 6.07) is 2.20. The fraction of sp³-hybridized carbons (Fsp3) is 0.900. The molecule has 1 rings (SSSR count). The van der Waals surface area contributed by atoms with Crippen LogP contribution in [0.1, 0.15) is 19.3 Å². The lowest BCUT2D eigenvalue weighted by Gasteiger charge is -2.21. The van der Waals surface area contributed by atoms with E-state index in [1.54, 1.807) is 0 Å². The smallest absolute Gasteiger partial charge is 0.148 e. The summed E-state index contributed by atoms with van der Waals surface area (Å²) in [6.45, 7) is 1.40. The van der Waals surface area contributed by atoms with Crippen LogP contribution in [-0.2, 0) is 9.84 Å². The predicted octanol–water partition coefficient (Wildman–Crippen LogP) is 0.657. The summed E-state index contributed by atoms with van der Waals surface area (Å²) in [5.74, 6) is 0.201. The second-order valence-corrected chi connectivity index (χ2v) is 6.96. The van der Waals surface area contributed by atoms with Crippen LogP contribution >= 0.6 is 0 Å². The standard InChI is InChI=1S/C10H18N2O2S/c1-12(7-8-15(2,13)14)9-10(3-4-10)5-6-11/h3-5,7-9H2,1-2H3. The lowest BCUT2D eigenvalue weighted by Crippen LogP contribution is -2.31. The molecule has 0 aromatic carbocycles. The molecule has 1 aliphatic carbocycles. The average molecular weight is 230 g/mol. The van der Waals surface area contributed by atoms with Gasteiger partial charge in [-0.15, -0.1) is 0 Å². The van der Waals surface area contributed by atoms with Gasteiger partial charge in [-0.2, -0.15) is 5.26 Å². The summed E-state index contributed by atoms with van der Waals surface area (Å²) in [4.78, 5) is 2.02. The Morgan fingerprint density at radius 3 is 2.47 bits per heavy atom. The quantitative estimate of drug-likeness (QED) is 0.672. The van der Waals surface area contributed by atoms with E-state index in [9.17, 15) is 8.42 Å². The summed E-state index contributed by atoms with van der Waals surface area (Å²) in [6.07, 6.45) is 4.05. The minimum absolute atomic E-state index is 0.168. The van der Waals surface area contributed by atoms with Gasteiger partial charge >= 0.3 is 0 Å². The van der Waals surface area contributed by atoms with Crippen molar-refractivity contribution in [3.63, 3.8) is 0 Å². The summed E-state index contributed by atoms with van der Waals surface area (Å²) in [7, 11) is -0.954. The Hall–Kier alpha value is -0.600. The Morgan fingerprint density at radius 1 is 1.47 bits per heavy atom. The van der Waals surface area contributed by atoms with E-state index < -0.39 is 9.84 Å². The molecule has 5 heteroatoms. The third kappa shape index (κ3) is 4.63. The van der Waals surface area contributed by atoms with Gasteiger partial charge in [0.15, 0.2) is 0 Å². The molecule has 0 amide bonds. The molecule has 0 N–H and O–H groups in total. The maximum absolute atomic E-state index is 11.0. The van der Waals surface area contributed by atoms with E-state index in [1.165, 1.54) is 6.26 Å². The molecule has 0 unspecified atom stereocenters. The number of sulfone groups is 1. The van der Waals surface area contributed by atoms with Gasteiger partial charge in [0.05, 0.1) is 11.8 Å². The highest BCUT2D eigenvalue weighted by atomic mass is 32.2. The van der Waals surface area contributed by atoms with Crippen LogP contribution in [0, 0.1) is 16.7 Å². The van der Waals surface area contributed by atoms with E-state index in [0.717, 1.165) is 19.4 Å². The Balaban J connectivity index is 2.31. The van der Waals surface area contributed by atoms with Gasteiger partial charge in [0.25, 0.3) is 0 Å². The third-order valence-corrected chi connectivity index (χ3v) is 3.78. The van der Waals surface area contributed by atoms with Crippen molar-refractivity contribution < 1.29 is 8.42 Å². The second-order valence-electron chi connectivity index (χ2n) is 4.70. The van der Waals surface area contributed by atoms with E-state index in [2.05, 4.69) is 6.07 Å². The Kier molecular flexibility index (Phi) is 3.74. The van der Waals surface area contributed by atoms with Crippen molar-refractivity contribution in [2.24, 2.45) is 5.41 Å². The molecule has 0 atom stereocenters. The maximum Gasteiger partial charge on any atom is 0.148 e. The summed E-state index contributed by atoms with van der Waals surface area (Å²) in [5.41, 5.74) is 0.168. The minimum atomic E-state index is -2.87. The normalized spacial score (nSPS) is 18.8. The van der Waals surface area contributed by atoms with Crippen molar-refractivity contribution in [3.05, 3.63) is 0 Å². The molecule has 1 fully saturated rings. The van der Waals surface area contributed by atoms with E-state index in [4.69, 9.17) is 5.26 Å². The topological polar surface area (TPSA) is 61.2 Å². The first-order valence-electron chi connectivity index (χ1n) is 5.10. The molecular formula is C10H18N2O2S. The molecule has 86 valence electrons. The van der Waals surface area contributed by atoms with Crippen LogP contribution in [0.25, 0.3) is 0 Å². The molecule has 0 saturated heterocycles. The van der Waals surface area contributed by atoms with Gasteiger partial charge < -0.3 is 4.90 Å². The van der Waals surface area contributed by atoms with Crippen LogP contribution in [0.3, 0.4) is 0 Å². The van der Waals surface area contributed by atoms with Crippen molar-refractivity contribution in [2.75, 3.05) is 32.1 Å². The SMILES string of the molecule is CN(CCS(C)(=O)=O)CC1(CC#N)CC1. The number of rotatable bonds is 6. The minimum Gasteiger partial charge on any atom is -0.305 e. The van der Waals surface area contributed by atoms with E-state index in [0.29, 0.717) is 13.0 Å². The summed E-state index contributed by atoms with van der Waals surface area (Å²) < 4.78 is 21.9. The van der Waals surface area contributed by atoms with Crippen molar-refractivity contribution in [2.45, 2.75) is 19.3 Å². The lowest BCUT2D eigenvalue weighted by atomic mass is 10.0. The third-order valence-electron chi connectivity index (χ3n) is 2.86. The van der Waals surface area contributed by atoms with Gasteiger partial charge in [-0.3, -0.25) is 0 Å². The fourth-order valence-corrected chi connectivity index (χ4v) is 2.35. The summed E-state index contributed by atoms with van der Waals surface area (Å²) in [5, 5.41) is 8.65. The van der Waals surface area contributed by atoms with Gasteiger partial charge in [0.2, 0.25) is 0 Å². The Bertz CT molecular complexity index is 352. The van der Waals surface area contributed by atoms with Gasteiger partial charge in [-0.05, 0) is 25.3 Å². The van der Waals surface area contributed by atoms with Crippen LogP contribution in [0.5, 0.6) is 0 Å². The number of hydrogen-bond donors (Lipinski definition) is 0. The zero-order valence-electron chi connectivity index (χ0n) is 9.36. The first-order chi connectivity index (χ1) is 6.87. The zero-order valence-corrected chi connectivity index (χ0v) is 10.2. The highest BCUT2D eigenvalue weighted by Crippen LogP contribution is 2.48. The maximum atomic E-state index is 11.0. The van der Waals surface area contributed by atoms with Crippen molar-refractivity contribution >= 4 is 9.84 Å². The molecule has 0 aromatic heterocycles. The molecule has 0 radical (unpaired) electrons. The van der Waals surface area contributed by atoms with Gasteiger partial charge in [-0.1, -0.05) is 0 Å². The van der Waals surface area contributed by atoms with Crippen molar-refractivity contribution in [1.29, 1.82) is 5.26 Å². The van der Waals surface area contributed by atoms with Gasteiger partial charge in [0.1, 0.15) is 9.84 Å². The van der Waals surface area contributed by atoms with Crippen LogP contribution < -0.4 is 0 Å². The average Bonchev–Trinajstić information content (AvgIpc) is 2.81. The van der Waals surface area contributed by atoms with Gasteiger partial charge in [0, 0.05) is 25.8 Å². The lowest BCUT2D eigenvalue weighted by molar-refractivity contribution is 0.277. The molecule has 0 spiro atoms. The van der Waals surface area contributed by atoms with E-state index in [-0.39, 0.29) is 11.2 Å². The molecule has 0 aromatic rings. The fourth-order valence-electron chi connectivity index (χ4n) is 1.71. The van der Waals surface area contributed by atoms with Crippen LogP contribution in [-0.4, -0.2) is 45.5 Å². The molecule has 15 heavy (non-hydrogen) atoms. The molecule has 1 aliphatic rings. The van der Waals surface area contributed by atoms with Crippen LogP contribution in [0.15, 0.2) is 0 Å². The molecule has 4 nitrogen and oxygen atoms in total. The summed E-state index contributed by atoms with van der Waals surface area (Å²) >= 11 is 0. The van der Waals surface area contributed by atoms with Gasteiger partial charge in [-0.25, -0.2) is 8.42 Å². The Morgan fingerprint density at radius 2 is 2.07 bits per heavy atom. The highest BCUT2D eigenvalue weighted by Gasteiger charge is 2.42. The second kappa shape index (κ2) is 4.50. The largest absolute Gasteiger partial charge is 0.305 e. The first kappa shape index (κ1) is 12.5. The van der Waals surface area contributed by atoms with Crippen LogP contribution in [0.2, 0.25) is 0 Å². The molecule has 1 saturated carbocycles. The molecule has 0 aliphatic heterocycles. The van der Waals surface area contributed by atoms with Crippen LogP contribution in [0.4, 0.5) is 0 Å². The highest BCUT2D eigenvalue weighted by molar-refractivity contribution is 7.90. The molecule has 0 heterocycles. The zero-order chi connectivity index (χ0) is 11.5. The molecular weight excluding hydrogens is 212 g/mol. The van der Waals surface area contributed by atoms with E-state index >= 15 is 0 Å². The first-order valence-corrected chi connectivity index (χ1v) is 7.16. The van der Waals surface area contributed by atoms with Crippen molar-refractivity contribution in [1.82, 2.24) is 4.90 Å². The number of nitriles is 1. The van der Waals surface area contributed by atoms with E-state index in [1.807, 2.05) is 11.9 Å². The Labute approximate surface area is 91.8 Å². The monoisotopic (exact) mass is 230 g/mol.